The van der Waals surface area contributed by atoms with E-state index in [1.807, 2.05) is 0 Å². The average molecular weight is 327 g/mol. The van der Waals surface area contributed by atoms with Crippen LogP contribution in [-0.2, 0) is 6.54 Å². The van der Waals surface area contributed by atoms with E-state index < -0.39 is 0 Å². The van der Waals surface area contributed by atoms with E-state index in [0.29, 0.717) is 31.3 Å². The van der Waals surface area contributed by atoms with Crippen LogP contribution in [0, 0.1) is 0 Å². The third-order valence-electron chi connectivity index (χ3n) is 2.67. The number of halogens is 2. The molecule has 0 saturated carbocycles. The molecular formula is C12H8Cl2N4OS. The van der Waals surface area contributed by atoms with Crippen molar-refractivity contribution in [3.63, 3.8) is 0 Å². The molecule has 3 rings (SSSR count). The lowest BCUT2D eigenvalue weighted by atomic mass is 10.2. The molecule has 0 aliphatic carbocycles. The Morgan fingerprint density at radius 1 is 1.30 bits per heavy atom. The van der Waals surface area contributed by atoms with Crippen LogP contribution in [0.1, 0.15) is 5.69 Å². The first-order valence-electron chi connectivity index (χ1n) is 5.64. The second kappa shape index (κ2) is 5.14. The fraction of sp³-hybridized carbons (Fsp3) is 0.0833. The van der Waals surface area contributed by atoms with E-state index in [-0.39, 0.29) is 12.1 Å². The minimum Gasteiger partial charge on any atom is -0.325 e. The van der Waals surface area contributed by atoms with Crippen LogP contribution in [0.5, 0.6) is 0 Å². The first-order chi connectivity index (χ1) is 9.58. The van der Waals surface area contributed by atoms with E-state index in [4.69, 9.17) is 28.9 Å². The van der Waals surface area contributed by atoms with Gasteiger partial charge in [-0.2, -0.15) is 9.61 Å². The summed E-state index contributed by atoms with van der Waals surface area (Å²) in [6.07, 6.45) is 0. The highest BCUT2D eigenvalue weighted by Crippen LogP contribution is 2.32. The van der Waals surface area contributed by atoms with Crippen molar-refractivity contribution in [1.82, 2.24) is 14.6 Å². The van der Waals surface area contributed by atoms with E-state index in [0.717, 1.165) is 0 Å². The van der Waals surface area contributed by atoms with Gasteiger partial charge in [0.25, 0.3) is 5.56 Å². The van der Waals surface area contributed by atoms with Crippen LogP contribution in [0.25, 0.3) is 15.5 Å². The average Bonchev–Trinajstić information content (AvgIpc) is 2.82. The van der Waals surface area contributed by atoms with Crippen molar-refractivity contribution in [2.45, 2.75) is 6.54 Å². The number of aromatic nitrogens is 3. The Kier molecular flexibility index (Phi) is 3.47. The van der Waals surface area contributed by atoms with Crippen LogP contribution in [-0.4, -0.2) is 14.6 Å². The zero-order chi connectivity index (χ0) is 14.3. The Morgan fingerprint density at radius 3 is 2.80 bits per heavy atom. The summed E-state index contributed by atoms with van der Waals surface area (Å²) in [6, 6.07) is 6.49. The van der Waals surface area contributed by atoms with Crippen LogP contribution in [0.4, 0.5) is 0 Å². The van der Waals surface area contributed by atoms with E-state index in [1.165, 1.54) is 21.9 Å². The first-order valence-corrected chi connectivity index (χ1v) is 7.21. The van der Waals surface area contributed by atoms with Crippen molar-refractivity contribution in [2.24, 2.45) is 5.73 Å². The zero-order valence-corrected chi connectivity index (χ0v) is 12.3. The van der Waals surface area contributed by atoms with Gasteiger partial charge in [0, 0.05) is 23.2 Å². The van der Waals surface area contributed by atoms with Gasteiger partial charge in [-0.25, -0.2) is 4.98 Å². The highest BCUT2D eigenvalue weighted by molar-refractivity contribution is 7.19. The molecule has 20 heavy (non-hydrogen) atoms. The van der Waals surface area contributed by atoms with E-state index in [1.54, 1.807) is 18.2 Å². The fourth-order valence-corrected chi connectivity index (χ4v) is 3.25. The van der Waals surface area contributed by atoms with E-state index in [9.17, 15) is 4.79 Å². The molecule has 0 unspecified atom stereocenters. The summed E-state index contributed by atoms with van der Waals surface area (Å²) in [5, 5.41) is 5.86. The molecule has 0 radical (unpaired) electrons. The maximum atomic E-state index is 11.9. The van der Waals surface area contributed by atoms with Crippen LogP contribution in [0.3, 0.4) is 0 Å². The number of hydrogen-bond acceptors (Lipinski definition) is 5. The van der Waals surface area contributed by atoms with Gasteiger partial charge in [0.2, 0.25) is 4.96 Å². The molecule has 3 aromatic rings. The molecular weight excluding hydrogens is 319 g/mol. The standard InChI is InChI=1S/C12H8Cl2N4OS/c13-6-1-2-8(9(14)3-6)11-17-18-10(19)4-7(5-15)16-12(18)20-11/h1-4H,5,15H2. The van der Waals surface area contributed by atoms with Crippen molar-refractivity contribution in [3.8, 4) is 10.6 Å². The normalized spacial score (nSPS) is 11.2. The van der Waals surface area contributed by atoms with Gasteiger partial charge in [0.05, 0.1) is 10.7 Å². The van der Waals surface area contributed by atoms with Gasteiger partial charge < -0.3 is 5.73 Å². The van der Waals surface area contributed by atoms with Crippen molar-refractivity contribution < 1.29 is 0 Å². The molecule has 8 heteroatoms. The Bertz CT molecular complexity index is 858. The highest BCUT2D eigenvalue weighted by Gasteiger charge is 2.12. The van der Waals surface area contributed by atoms with Crippen molar-refractivity contribution in [3.05, 3.63) is 50.4 Å². The van der Waals surface area contributed by atoms with Crippen LogP contribution < -0.4 is 11.3 Å². The second-order valence-corrected chi connectivity index (χ2v) is 5.82. The smallest absolute Gasteiger partial charge is 0.275 e. The Labute approximate surface area is 127 Å². The van der Waals surface area contributed by atoms with Gasteiger partial charge in [-0.15, -0.1) is 0 Å². The largest absolute Gasteiger partial charge is 0.325 e. The van der Waals surface area contributed by atoms with Gasteiger partial charge in [-0.1, -0.05) is 34.5 Å². The lowest BCUT2D eigenvalue weighted by Crippen LogP contribution is -2.16. The summed E-state index contributed by atoms with van der Waals surface area (Å²) in [7, 11) is 0. The molecule has 0 saturated heterocycles. The summed E-state index contributed by atoms with van der Waals surface area (Å²) < 4.78 is 1.24. The van der Waals surface area contributed by atoms with Gasteiger partial charge in [0.15, 0.2) is 0 Å². The number of rotatable bonds is 2. The van der Waals surface area contributed by atoms with Crippen LogP contribution in [0.15, 0.2) is 29.1 Å². The molecule has 102 valence electrons. The molecule has 0 aliphatic heterocycles. The molecule has 0 amide bonds. The quantitative estimate of drug-likeness (QED) is 0.785. The van der Waals surface area contributed by atoms with Crippen LogP contribution in [0.2, 0.25) is 10.0 Å². The first kappa shape index (κ1) is 13.5. The summed E-state index contributed by atoms with van der Waals surface area (Å²) in [4.78, 5) is 16.7. The summed E-state index contributed by atoms with van der Waals surface area (Å²) in [5.74, 6) is 0. The molecule has 2 N–H and O–H groups in total. The van der Waals surface area contributed by atoms with Gasteiger partial charge in [-0.3, -0.25) is 4.79 Å². The predicted octanol–water partition coefficient (Wildman–Crippen LogP) is 2.58. The van der Waals surface area contributed by atoms with Crippen molar-refractivity contribution >= 4 is 39.5 Å². The predicted molar refractivity (Wildman–Crippen MR) is 80.5 cm³/mol. The second-order valence-electron chi connectivity index (χ2n) is 4.02. The van der Waals surface area contributed by atoms with Gasteiger partial charge in [-0.05, 0) is 18.2 Å². The molecule has 0 spiro atoms. The lowest BCUT2D eigenvalue weighted by Gasteiger charge is -1.99. The van der Waals surface area contributed by atoms with E-state index >= 15 is 0 Å². The minimum absolute atomic E-state index is 0.209. The van der Waals surface area contributed by atoms with E-state index in [2.05, 4.69) is 10.1 Å². The zero-order valence-electron chi connectivity index (χ0n) is 10.0. The summed E-state index contributed by atoms with van der Waals surface area (Å²) in [6.45, 7) is 0.209. The molecule has 1 aromatic carbocycles. The topological polar surface area (TPSA) is 73.3 Å². The summed E-state index contributed by atoms with van der Waals surface area (Å²) >= 11 is 13.3. The molecule has 0 atom stereocenters. The summed E-state index contributed by atoms with van der Waals surface area (Å²) in [5.41, 5.74) is 6.49. The number of hydrogen-bond donors (Lipinski definition) is 1. The number of nitrogens with two attached hydrogens (primary N) is 1. The van der Waals surface area contributed by atoms with Gasteiger partial charge >= 0.3 is 0 Å². The van der Waals surface area contributed by atoms with Crippen molar-refractivity contribution in [2.75, 3.05) is 0 Å². The number of nitrogens with zero attached hydrogens (tertiary/aromatic N) is 3. The number of fused-ring (bicyclic) bond motifs is 1. The van der Waals surface area contributed by atoms with Crippen LogP contribution >= 0.6 is 34.5 Å². The molecule has 0 aliphatic rings. The molecule has 2 heterocycles. The van der Waals surface area contributed by atoms with Crippen molar-refractivity contribution in [1.29, 1.82) is 0 Å². The Morgan fingerprint density at radius 2 is 2.10 bits per heavy atom. The monoisotopic (exact) mass is 326 g/mol. The molecule has 0 fully saturated rings. The molecule has 2 aromatic heterocycles. The molecule has 5 nitrogen and oxygen atoms in total. The fourth-order valence-electron chi connectivity index (χ4n) is 1.73. The van der Waals surface area contributed by atoms with Gasteiger partial charge in [0.1, 0.15) is 5.01 Å². The third-order valence-corrected chi connectivity index (χ3v) is 4.16. The Hall–Kier alpha value is -1.47. The Balaban J connectivity index is 2.23. The maximum absolute atomic E-state index is 11.9. The lowest BCUT2D eigenvalue weighted by molar-refractivity contribution is 0.873. The molecule has 0 bridgehead atoms. The minimum atomic E-state index is -0.261. The highest BCUT2D eigenvalue weighted by atomic mass is 35.5. The maximum Gasteiger partial charge on any atom is 0.275 e. The SMILES string of the molecule is NCc1cc(=O)n2nc(-c3ccc(Cl)cc3Cl)sc2n1. The number of benzene rings is 1. The third kappa shape index (κ3) is 2.31.